The summed E-state index contributed by atoms with van der Waals surface area (Å²) in [5.41, 5.74) is 2.02. The molecule has 24 heavy (non-hydrogen) atoms. The van der Waals surface area contributed by atoms with Gasteiger partial charge >= 0.3 is 0 Å². The highest BCUT2D eigenvalue weighted by Gasteiger charge is 2.16. The third kappa shape index (κ3) is 4.16. The summed E-state index contributed by atoms with van der Waals surface area (Å²) in [4.78, 5) is 12.3. The van der Waals surface area contributed by atoms with Gasteiger partial charge in [-0.15, -0.1) is 0 Å². The van der Waals surface area contributed by atoms with Gasteiger partial charge < -0.3 is 9.73 Å². The van der Waals surface area contributed by atoms with Gasteiger partial charge in [-0.2, -0.15) is 11.3 Å². The minimum Gasteiger partial charge on any atom is -0.462 e. The van der Waals surface area contributed by atoms with Crippen LogP contribution in [0, 0.1) is 6.92 Å². The Labute approximate surface area is 149 Å². The normalized spacial score (nSPS) is 12.4. The molecule has 2 aromatic heterocycles. The van der Waals surface area contributed by atoms with Crippen LogP contribution in [0.15, 0.2) is 63.7 Å². The molecule has 0 spiro atoms. The van der Waals surface area contributed by atoms with Crippen molar-refractivity contribution in [1.29, 1.82) is 0 Å². The first kappa shape index (κ1) is 16.6. The average Bonchev–Trinajstić information content (AvgIpc) is 3.23. The Morgan fingerprint density at radius 3 is 2.58 bits per heavy atom. The molecule has 0 radical (unpaired) electrons. The largest absolute Gasteiger partial charge is 0.462 e. The molecular formula is C19H16ClNO2S. The van der Waals surface area contributed by atoms with Crippen molar-refractivity contribution >= 4 is 34.9 Å². The molecule has 3 nitrogen and oxygen atoms in total. The van der Waals surface area contributed by atoms with Gasteiger partial charge in [0.2, 0.25) is 5.91 Å². The highest BCUT2D eigenvalue weighted by molar-refractivity contribution is 7.08. The molecule has 1 N–H and O–H groups in total. The van der Waals surface area contributed by atoms with Crippen molar-refractivity contribution < 1.29 is 9.21 Å². The molecule has 5 heteroatoms. The van der Waals surface area contributed by atoms with Crippen LogP contribution in [0.1, 0.15) is 28.7 Å². The molecule has 1 aromatic carbocycles. The predicted molar refractivity (Wildman–Crippen MR) is 98.2 cm³/mol. The lowest BCUT2D eigenvalue weighted by Crippen LogP contribution is -2.27. The molecule has 0 bridgehead atoms. The first-order valence-electron chi connectivity index (χ1n) is 7.44. The van der Waals surface area contributed by atoms with Crippen LogP contribution in [-0.2, 0) is 4.79 Å². The molecule has 0 aliphatic rings. The van der Waals surface area contributed by atoms with Crippen molar-refractivity contribution in [3.8, 4) is 0 Å². The Balaban J connectivity index is 1.78. The molecule has 0 fully saturated rings. The maximum Gasteiger partial charge on any atom is 0.244 e. The summed E-state index contributed by atoms with van der Waals surface area (Å²) in [7, 11) is 0. The molecule has 0 aliphatic carbocycles. The van der Waals surface area contributed by atoms with E-state index in [9.17, 15) is 4.79 Å². The van der Waals surface area contributed by atoms with Crippen LogP contribution in [0.4, 0.5) is 0 Å². The monoisotopic (exact) mass is 357 g/mol. The third-order valence-electron chi connectivity index (χ3n) is 3.53. The predicted octanol–water partition coefficient (Wildman–Crippen LogP) is 5.22. The number of carbonyl (C=O) groups is 1. The zero-order chi connectivity index (χ0) is 16.9. The summed E-state index contributed by atoms with van der Waals surface area (Å²) in [6.07, 6.45) is 3.14. The second-order valence-corrected chi connectivity index (χ2v) is 6.55. The summed E-state index contributed by atoms with van der Waals surface area (Å²) < 4.78 is 5.43. The Bertz CT molecular complexity index is 835. The second kappa shape index (κ2) is 7.51. The van der Waals surface area contributed by atoms with Crippen LogP contribution in [0.25, 0.3) is 6.08 Å². The number of carbonyl (C=O) groups excluding carboxylic acids is 1. The van der Waals surface area contributed by atoms with E-state index in [4.69, 9.17) is 16.0 Å². The van der Waals surface area contributed by atoms with Gasteiger partial charge in [0.05, 0.1) is 6.04 Å². The zero-order valence-corrected chi connectivity index (χ0v) is 14.6. The van der Waals surface area contributed by atoms with Crippen LogP contribution in [0.3, 0.4) is 0 Å². The quantitative estimate of drug-likeness (QED) is 0.636. The van der Waals surface area contributed by atoms with Gasteiger partial charge in [0.1, 0.15) is 11.5 Å². The van der Waals surface area contributed by atoms with Gasteiger partial charge in [0.25, 0.3) is 0 Å². The first-order chi connectivity index (χ1) is 11.6. The number of nitrogens with one attached hydrogen (secondary N) is 1. The molecule has 1 atom stereocenters. The fraction of sp³-hybridized carbons (Fsp3) is 0.105. The van der Waals surface area contributed by atoms with E-state index in [2.05, 4.69) is 5.32 Å². The summed E-state index contributed by atoms with van der Waals surface area (Å²) >= 11 is 7.56. The van der Waals surface area contributed by atoms with Gasteiger partial charge in [-0.1, -0.05) is 23.7 Å². The Hall–Kier alpha value is -2.30. The van der Waals surface area contributed by atoms with E-state index in [1.807, 2.05) is 60.1 Å². The molecule has 0 aliphatic heterocycles. The first-order valence-corrected chi connectivity index (χ1v) is 8.76. The van der Waals surface area contributed by atoms with Crippen LogP contribution in [-0.4, -0.2) is 5.91 Å². The maximum atomic E-state index is 12.3. The van der Waals surface area contributed by atoms with Gasteiger partial charge in [0.15, 0.2) is 0 Å². The number of rotatable bonds is 5. The smallest absolute Gasteiger partial charge is 0.244 e. The molecule has 1 amide bonds. The number of furan rings is 1. The van der Waals surface area contributed by atoms with Crippen LogP contribution in [0.2, 0.25) is 5.02 Å². The third-order valence-corrected chi connectivity index (χ3v) is 4.48. The molecule has 3 rings (SSSR count). The Morgan fingerprint density at radius 2 is 1.96 bits per heavy atom. The number of hydrogen-bond acceptors (Lipinski definition) is 3. The van der Waals surface area contributed by atoms with Crippen molar-refractivity contribution in [2.24, 2.45) is 0 Å². The summed E-state index contributed by atoms with van der Waals surface area (Å²) in [5.74, 6) is 1.28. The fourth-order valence-electron chi connectivity index (χ4n) is 2.34. The number of hydrogen-bond donors (Lipinski definition) is 1. The van der Waals surface area contributed by atoms with E-state index in [0.717, 1.165) is 16.9 Å². The highest BCUT2D eigenvalue weighted by atomic mass is 35.5. The summed E-state index contributed by atoms with van der Waals surface area (Å²) in [6.45, 7) is 1.87. The SMILES string of the molecule is Cc1ccc(C=CC(=O)NC(c2ccc(Cl)cc2)c2ccsc2)o1. The topological polar surface area (TPSA) is 42.2 Å². The summed E-state index contributed by atoms with van der Waals surface area (Å²) in [6, 6.07) is 13.0. The van der Waals surface area contributed by atoms with Crippen molar-refractivity contribution in [3.05, 3.63) is 87.0 Å². The highest BCUT2D eigenvalue weighted by Crippen LogP contribution is 2.25. The van der Waals surface area contributed by atoms with E-state index >= 15 is 0 Å². The minimum absolute atomic E-state index is 0.185. The number of aryl methyl sites for hydroxylation is 1. The van der Waals surface area contributed by atoms with Crippen LogP contribution >= 0.6 is 22.9 Å². The van der Waals surface area contributed by atoms with Gasteiger partial charge in [-0.05, 0) is 65.2 Å². The number of thiophene rings is 1. The van der Waals surface area contributed by atoms with Gasteiger partial charge in [-0.25, -0.2) is 0 Å². The van der Waals surface area contributed by atoms with Crippen molar-refractivity contribution in [2.45, 2.75) is 13.0 Å². The molecule has 0 saturated heterocycles. The van der Waals surface area contributed by atoms with Crippen LogP contribution < -0.4 is 5.32 Å². The molecule has 3 aromatic rings. The van der Waals surface area contributed by atoms with E-state index in [-0.39, 0.29) is 11.9 Å². The average molecular weight is 358 g/mol. The standard InChI is InChI=1S/C19H16ClNO2S/c1-13-2-7-17(23-13)8-9-18(22)21-19(15-10-11-24-12-15)14-3-5-16(20)6-4-14/h2-12,19H,1H3,(H,21,22). The van der Waals surface area contributed by atoms with Crippen molar-refractivity contribution in [2.75, 3.05) is 0 Å². The van der Waals surface area contributed by atoms with Crippen LogP contribution in [0.5, 0.6) is 0 Å². The van der Waals surface area contributed by atoms with E-state index in [1.54, 1.807) is 17.4 Å². The maximum absolute atomic E-state index is 12.3. The number of benzene rings is 1. The van der Waals surface area contributed by atoms with Gasteiger partial charge in [-0.3, -0.25) is 4.79 Å². The van der Waals surface area contributed by atoms with E-state index < -0.39 is 0 Å². The molecular weight excluding hydrogens is 342 g/mol. The fourth-order valence-corrected chi connectivity index (χ4v) is 3.16. The zero-order valence-electron chi connectivity index (χ0n) is 13.0. The minimum atomic E-state index is -0.219. The lowest BCUT2D eigenvalue weighted by atomic mass is 10.0. The number of halogens is 1. The van der Waals surface area contributed by atoms with E-state index in [1.165, 1.54) is 6.08 Å². The van der Waals surface area contributed by atoms with E-state index in [0.29, 0.717) is 10.8 Å². The second-order valence-electron chi connectivity index (χ2n) is 5.33. The van der Waals surface area contributed by atoms with Gasteiger partial charge in [0, 0.05) is 11.1 Å². The molecule has 0 saturated carbocycles. The molecule has 2 heterocycles. The lowest BCUT2D eigenvalue weighted by molar-refractivity contribution is -0.116. The van der Waals surface area contributed by atoms with Crippen molar-refractivity contribution in [1.82, 2.24) is 5.32 Å². The van der Waals surface area contributed by atoms with Crippen molar-refractivity contribution in [3.63, 3.8) is 0 Å². The molecule has 1 unspecified atom stereocenters. The molecule has 122 valence electrons. The lowest BCUT2D eigenvalue weighted by Gasteiger charge is -2.17. The number of amides is 1. The summed E-state index contributed by atoms with van der Waals surface area (Å²) in [5, 5.41) is 7.72. The Kier molecular flexibility index (Phi) is 5.18. The Morgan fingerprint density at radius 1 is 1.17 bits per heavy atom.